The summed E-state index contributed by atoms with van der Waals surface area (Å²) >= 11 is 1.26. The maximum atomic E-state index is 12.8. The Kier molecular flexibility index (Phi) is 5.16. The first kappa shape index (κ1) is 18.0. The number of hydrogen-bond donors (Lipinski definition) is 1. The fraction of sp³-hybridized carbons (Fsp3) is 0.438. The molecule has 1 amide bonds. The summed E-state index contributed by atoms with van der Waals surface area (Å²) in [5, 5.41) is 11.5. The summed E-state index contributed by atoms with van der Waals surface area (Å²) < 4.78 is 27.1. The van der Waals surface area contributed by atoms with Crippen molar-refractivity contribution in [1.29, 1.82) is 0 Å². The van der Waals surface area contributed by atoms with E-state index in [-0.39, 0.29) is 10.5 Å². The van der Waals surface area contributed by atoms with Gasteiger partial charge in [-0.05, 0) is 43.9 Å². The van der Waals surface area contributed by atoms with Gasteiger partial charge < -0.3 is 0 Å². The number of rotatable bonds is 4. The summed E-state index contributed by atoms with van der Waals surface area (Å²) in [6, 6.07) is 6.11. The molecule has 0 atom stereocenters. The van der Waals surface area contributed by atoms with Crippen LogP contribution in [0.5, 0.6) is 0 Å². The smallest absolute Gasteiger partial charge is 0.257 e. The molecule has 25 heavy (non-hydrogen) atoms. The molecular formula is C16H20N4O3S2. The molecule has 1 saturated heterocycles. The summed E-state index contributed by atoms with van der Waals surface area (Å²) in [4.78, 5) is 12.5. The van der Waals surface area contributed by atoms with Crippen molar-refractivity contribution in [1.82, 2.24) is 14.5 Å². The van der Waals surface area contributed by atoms with Crippen LogP contribution in [0.1, 0.15) is 35.1 Å². The number of nitrogens with one attached hydrogen (secondary N) is 1. The molecule has 0 spiro atoms. The van der Waals surface area contributed by atoms with Gasteiger partial charge in [-0.25, -0.2) is 8.42 Å². The van der Waals surface area contributed by atoms with E-state index in [0.29, 0.717) is 24.1 Å². The molecule has 1 aromatic carbocycles. The number of benzene rings is 1. The number of anilines is 1. The second-order valence-electron chi connectivity index (χ2n) is 6.19. The van der Waals surface area contributed by atoms with E-state index < -0.39 is 15.9 Å². The van der Waals surface area contributed by atoms with Gasteiger partial charge in [-0.3, -0.25) is 10.1 Å². The molecule has 1 N–H and O–H groups in total. The van der Waals surface area contributed by atoms with E-state index in [1.54, 1.807) is 19.1 Å². The van der Waals surface area contributed by atoms with Gasteiger partial charge in [0.15, 0.2) is 0 Å². The lowest BCUT2D eigenvalue weighted by molar-refractivity contribution is 0.102. The monoisotopic (exact) mass is 380 g/mol. The Labute approximate surface area is 151 Å². The fourth-order valence-electron chi connectivity index (χ4n) is 2.69. The van der Waals surface area contributed by atoms with E-state index >= 15 is 0 Å². The molecule has 0 bridgehead atoms. The quantitative estimate of drug-likeness (QED) is 0.880. The van der Waals surface area contributed by atoms with Crippen molar-refractivity contribution in [2.24, 2.45) is 5.92 Å². The molecule has 0 radical (unpaired) electrons. The summed E-state index contributed by atoms with van der Waals surface area (Å²) in [5.41, 5.74) is 0.277. The highest BCUT2D eigenvalue weighted by molar-refractivity contribution is 7.89. The molecule has 134 valence electrons. The predicted octanol–water partition coefficient (Wildman–Crippen LogP) is 2.52. The largest absolute Gasteiger partial charge is 0.296 e. The lowest BCUT2D eigenvalue weighted by Crippen LogP contribution is -2.37. The summed E-state index contributed by atoms with van der Waals surface area (Å²) in [7, 11) is -3.58. The molecule has 1 aliphatic rings. The maximum absolute atomic E-state index is 12.8. The highest BCUT2D eigenvalue weighted by atomic mass is 32.2. The number of sulfonamides is 1. The maximum Gasteiger partial charge on any atom is 0.257 e. The van der Waals surface area contributed by atoms with Crippen molar-refractivity contribution >= 4 is 32.4 Å². The van der Waals surface area contributed by atoms with Gasteiger partial charge >= 0.3 is 0 Å². The molecule has 9 heteroatoms. The van der Waals surface area contributed by atoms with Gasteiger partial charge in [-0.15, -0.1) is 10.2 Å². The standard InChI is InChI=1S/C16H20N4O3S2/c1-11-6-8-20(9-7-11)25(22,23)14-5-3-4-13(10-14)15(21)17-16-19-18-12(2)24-16/h3-5,10-11H,6-9H2,1-2H3,(H,17,19,21). The topological polar surface area (TPSA) is 92.3 Å². The zero-order valence-electron chi connectivity index (χ0n) is 14.1. The van der Waals surface area contributed by atoms with Crippen LogP contribution in [0.25, 0.3) is 0 Å². The predicted molar refractivity (Wildman–Crippen MR) is 96.2 cm³/mol. The van der Waals surface area contributed by atoms with Crippen LogP contribution in [0.2, 0.25) is 0 Å². The van der Waals surface area contributed by atoms with Crippen LogP contribution in [0.15, 0.2) is 29.2 Å². The third-order valence-electron chi connectivity index (χ3n) is 4.22. The molecule has 1 fully saturated rings. The molecule has 0 aliphatic carbocycles. The normalized spacial score (nSPS) is 16.7. The van der Waals surface area contributed by atoms with Crippen LogP contribution in [-0.2, 0) is 10.0 Å². The lowest BCUT2D eigenvalue weighted by atomic mass is 10.0. The summed E-state index contributed by atoms with van der Waals surface area (Å²) in [5.74, 6) is 0.138. The number of carbonyl (C=O) groups excluding carboxylic acids is 1. The van der Waals surface area contributed by atoms with E-state index in [9.17, 15) is 13.2 Å². The molecular weight excluding hydrogens is 360 g/mol. The van der Waals surface area contributed by atoms with Gasteiger partial charge in [0.2, 0.25) is 15.2 Å². The van der Waals surface area contributed by atoms with Crippen LogP contribution >= 0.6 is 11.3 Å². The molecule has 1 aliphatic heterocycles. The van der Waals surface area contributed by atoms with Crippen molar-refractivity contribution < 1.29 is 13.2 Å². The Morgan fingerprint density at radius 1 is 1.28 bits per heavy atom. The van der Waals surface area contributed by atoms with E-state index in [2.05, 4.69) is 22.4 Å². The minimum Gasteiger partial charge on any atom is -0.296 e. The SMILES string of the molecule is Cc1nnc(NC(=O)c2cccc(S(=O)(=O)N3CCC(C)CC3)c2)s1. The van der Waals surface area contributed by atoms with E-state index in [1.165, 1.54) is 27.8 Å². The van der Waals surface area contributed by atoms with Gasteiger partial charge in [0.05, 0.1) is 4.90 Å². The third kappa shape index (κ3) is 4.05. The number of aromatic nitrogens is 2. The highest BCUT2D eigenvalue weighted by Crippen LogP contribution is 2.24. The van der Waals surface area contributed by atoms with Gasteiger partial charge in [0, 0.05) is 18.7 Å². The van der Waals surface area contributed by atoms with Gasteiger partial charge in [-0.2, -0.15) is 4.31 Å². The average molecular weight is 380 g/mol. The van der Waals surface area contributed by atoms with E-state index in [4.69, 9.17) is 0 Å². The number of nitrogens with zero attached hydrogens (tertiary/aromatic N) is 3. The summed E-state index contributed by atoms with van der Waals surface area (Å²) in [6.07, 6.45) is 1.71. The number of amides is 1. The van der Waals surface area contributed by atoms with Crippen molar-refractivity contribution in [3.05, 3.63) is 34.8 Å². The Morgan fingerprint density at radius 2 is 2.00 bits per heavy atom. The minimum absolute atomic E-state index is 0.142. The van der Waals surface area contributed by atoms with Crippen LogP contribution in [0, 0.1) is 12.8 Å². The number of aryl methyl sites for hydroxylation is 1. The van der Waals surface area contributed by atoms with Gasteiger partial charge in [0.1, 0.15) is 5.01 Å². The van der Waals surface area contributed by atoms with Crippen LogP contribution < -0.4 is 5.32 Å². The average Bonchev–Trinajstić information content (AvgIpc) is 3.00. The van der Waals surface area contributed by atoms with Gasteiger partial charge in [0.25, 0.3) is 5.91 Å². The minimum atomic E-state index is -3.58. The molecule has 3 rings (SSSR count). The zero-order chi connectivity index (χ0) is 18.0. The first-order valence-electron chi connectivity index (χ1n) is 8.08. The molecule has 0 saturated carbocycles. The number of carbonyl (C=O) groups is 1. The second kappa shape index (κ2) is 7.19. The summed E-state index contributed by atoms with van der Waals surface area (Å²) in [6.45, 7) is 4.96. The van der Waals surface area contributed by atoms with E-state index in [1.807, 2.05) is 0 Å². The van der Waals surface area contributed by atoms with Crippen molar-refractivity contribution in [2.75, 3.05) is 18.4 Å². The first-order chi connectivity index (χ1) is 11.9. The Bertz CT molecular complexity index is 871. The van der Waals surface area contributed by atoms with Crippen molar-refractivity contribution in [3.8, 4) is 0 Å². The molecule has 2 heterocycles. The van der Waals surface area contributed by atoms with Crippen molar-refractivity contribution in [2.45, 2.75) is 31.6 Å². The second-order valence-corrected chi connectivity index (χ2v) is 9.31. The molecule has 2 aromatic rings. The Hall–Kier alpha value is -1.84. The molecule has 0 unspecified atom stereocenters. The fourth-order valence-corrected chi connectivity index (χ4v) is 4.79. The van der Waals surface area contributed by atoms with Crippen LogP contribution in [-0.4, -0.2) is 41.9 Å². The first-order valence-corrected chi connectivity index (χ1v) is 10.3. The number of piperidine rings is 1. The van der Waals surface area contributed by atoms with Crippen LogP contribution in [0.4, 0.5) is 5.13 Å². The van der Waals surface area contributed by atoms with Crippen LogP contribution in [0.3, 0.4) is 0 Å². The Morgan fingerprint density at radius 3 is 2.64 bits per heavy atom. The number of hydrogen-bond acceptors (Lipinski definition) is 6. The van der Waals surface area contributed by atoms with Gasteiger partial charge in [-0.1, -0.05) is 24.3 Å². The Balaban J connectivity index is 1.79. The molecule has 7 nitrogen and oxygen atoms in total. The highest BCUT2D eigenvalue weighted by Gasteiger charge is 2.28. The molecule has 1 aromatic heterocycles. The zero-order valence-corrected chi connectivity index (χ0v) is 15.7. The lowest BCUT2D eigenvalue weighted by Gasteiger charge is -2.29. The van der Waals surface area contributed by atoms with Crippen molar-refractivity contribution in [3.63, 3.8) is 0 Å². The third-order valence-corrected chi connectivity index (χ3v) is 6.87. The van der Waals surface area contributed by atoms with E-state index in [0.717, 1.165) is 17.8 Å².